The Morgan fingerprint density at radius 3 is 3.00 bits per heavy atom. The molecule has 0 spiro atoms. The number of benzene rings is 1. The summed E-state index contributed by atoms with van der Waals surface area (Å²) in [6, 6.07) is 6.17. The first-order valence-corrected chi connectivity index (χ1v) is 5.44. The second kappa shape index (κ2) is 5.97. The number of fused-ring (bicyclic) bond motifs is 1. The number of halogens is 1. The van der Waals surface area contributed by atoms with Crippen LogP contribution in [-0.4, -0.2) is 26.8 Å². The van der Waals surface area contributed by atoms with Crippen molar-refractivity contribution in [1.29, 1.82) is 0 Å². The molecule has 16 heavy (non-hydrogen) atoms. The lowest BCUT2D eigenvalue weighted by Crippen LogP contribution is -2.32. The van der Waals surface area contributed by atoms with E-state index < -0.39 is 0 Å². The van der Waals surface area contributed by atoms with Gasteiger partial charge in [0.25, 0.3) is 0 Å². The molecule has 0 saturated carbocycles. The summed E-state index contributed by atoms with van der Waals surface area (Å²) in [5.41, 5.74) is 9.50. The summed E-state index contributed by atoms with van der Waals surface area (Å²) in [6.07, 6.45) is 2.29. The molecular weight excluding hydrogens is 224 g/mol. The average Bonchev–Trinajstić information content (AvgIpc) is 2.27. The Balaban J connectivity index is 0.00000128. The zero-order chi connectivity index (χ0) is 10.7. The Hall–Kier alpha value is -0.930. The minimum Gasteiger partial charge on any atom is -0.398 e. The highest BCUT2D eigenvalue weighted by atomic mass is 35.5. The van der Waals surface area contributed by atoms with Crippen LogP contribution < -0.4 is 10.6 Å². The zero-order valence-corrected chi connectivity index (χ0v) is 10.4. The third-order valence-corrected chi connectivity index (χ3v) is 2.95. The van der Waals surface area contributed by atoms with Gasteiger partial charge in [0.05, 0.1) is 6.61 Å². The van der Waals surface area contributed by atoms with E-state index in [1.807, 2.05) is 12.1 Å². The van der Waals surface area contributed by atoms with Crippen molar-refractivity contribution in [2.75, 3.05) is 37.4 Å². The van der Waals surface area contributed by atoms with Crippen LogP contribution in [0.4, 0.5) is 11.4 Å². The highest BCUT2D eigenvalue weighted by Gasteiger charge is 2.17. The maximum absolute atomic E-state index is 5.97. The molecule has 0 aliphatic carbocycles. The van der Waals surface area contributed by atoms with E-state index in [-0.39, 0.29) is 12.4 Å². The van der Waals surface area contributed by atoms with Gasteiger partial charge >= 0.3 is 0 Å². The van der Waals surface area contributed by atoms with E-state index >= 15 is 0 Å². The maximum atomic E-state index is 5.97. The second-order valence-electron chi connectivity index (χ2n) is 3.93. The quantitative estimate of drug-likeness (QED) is 0.825. The molecule has 4 heteroatoms. The van der Waals surface area contributed by atoms with Gasteiger partial charge in [-0.3, -0.25) is 0 Å². The summed E-state index contributed by atoms with van der Waals surface area (Å²) in [6.45, 7) is 2.83. The maximum Gasteiger partial charge on any atom is 0.0637 e. The Kier molecular flexibility index (Phi) is 4.90. The summed E-state index contributed by atoms with van der Waals surface area (Å²) in [4.78, 5) is 2.36. The van der Waals surface area contributed by atoms with Gasteiger partial charge < -0.3 is 15.4 Å². The molecule has 0 aromatic heterocycles. The van der Waals surface area contributed by atoms with E-state index in [0.29, 0.717) is 0 Å². The molecule has 1 aromatic rings. The molecule has 1 aliphatic rings. The van der Waals surface area contributed by atoms with E-state index in [1.165, 1.54) is 17.7 Å². The third kappa shape index (κ3) is 2.60. The number of hydrogen-bond donors (Lipinski definition) is 1. The molecular formula is C12H19ClN2O. The largest absolute Gasteiger partial charge is 0.398 e. The minimum atomic E-state index is 0. The van der Waals surface area contributed by atoms with E-state index in [0.717, 1.165) is 31.8 Å². The standard InChI is InChI=1S/C12H18N2O.ClH/c1-15-9-8-14-7-3-4-10-11(13)5-2-6-12(10)14;/h2,5-6H,3-4,7-9,13H2,1H3;1H. The molecule has 0 bridgehead atoms. The van der Waals surface area contributed by atoms with Crippen molar-refractivity contribution < 1.29 is 4.74 Å². The summed E-state index contributed by atoms with van der Waals surface area (Å²) < 4.78 is 5.12. The van der Waals surface area contributed by atoms with Crippen LogP contribution in [0.1, 0.15) is 12.0 Å². The molecule has 1 heterocycles. The molecule has 0 fully saturated rings. The van der Waals surface area contributed by atoms with Crippen LogP contribution in [0.15, 0.2) is 18.2 Å². The van der Waals surface area contributed by atoms with Crippen molar-refractivity contribution in [2.24, 2.45) is 0 Å². The normalized spacial score (nSPS) is 14.2. The van der Waals surface area contributed by atoms with Gasteiger partial charge in [0.15, 0.2) is 0 Å². The molecule has 3 nitrogen and oxygen atoms in total. The SMILES string of the molecule is COCCN1CCCc2c(N)cccc21.Cl. The molecule has 90 valence electrons. The molecule has 2 N–H and O–H groups in total. The van der Waals surface area contributed by atoms with Gasteiger partial charge in [-0.15, -0.1) is 12.4 Å². The number of methoxy groups -OCH3 is 1. The number of nitrogens with zero attached hydrogens (tertiary/aromatic N) is 1. The fraction of sp³-hybridized carbons (Fsp3) is 0.500. The average molecular weight is 243 g/mol. The van der Waals surface area contributed by atoms with Crippen LogP contribution in [0.25, 0.3) is 0 Å². The summed E-state index contributed by atoms with van der Waals surface area (Å²) in [7, 11) is 1.74. The Bertz CT molecular complexity index is 344. The summed E-state index contributed by atoms with van der Waals surface area (Å²) >= 11 is 0. The van der Waals surface area contributed by atoms with Gasteiger partial charge in [-0.05, 0) is 30.5 Å². The van der Waals surface area contributed by atoms with Crippen molar-refractivity contribution in [1.82, 2.24) is 0 Å². The lowest BCUT2D eigenvalue weighted by Gasteiger charge is -2.31. The first kappa shape index (κ1) is 13.1. The van der Waals surface area contributed by atoms with E-state index in [9.17, 15) is 0 Å². The molecule has 1 aromatic carbocycles. The number of ether oxygens (including phenoxy) is 1. The van der Waals surface area contributed by atoms with Gasteiger partial charge in [-0.2, -0.15) is 0 Å². The predicted molar refractivity (Wildman–Crippen MR) is 70.5 cm³/mol. The Morgan fingerprint density at radius 1 is 1.44 bits per heavy atom. The van der Waals surface area contributed by atoms with Crippen molar-refractivity contribution in [3.63, 3.8) is 0 Å². The summed E-state index contributed by atoms with van der Waals surface area (Å²) in [5, 5.41) is 0. The number of rotatable bonds is 3. The van der Waals surface area contributed by atoms with Crippen molar-refractivity contribution in [2.45, 2.75) is 12.8 Å². The highest BCUT2D eigenvalue weighted by Crippen LogP contribution is 2.30. The fourth-order valence-electron chi connectivity index (χ4n) is 2.16. The molecule has 0 saturated heterocycles. The zero-order valence-electron chi connectivity index (χ0n) is 9.61. The van der Waals surface area contributed by atoms with Crippen molar-refractivity contribution in [3.8, 4) is 0 Å². The number of anilines is 2. The van der Waals surface area contributed by atoms with Crippen LogP contribution in [0.3, 0.4) is 0 Å². The van der Waals surface area contributed by atoms with Crippen LogP contribution >= 0.6 is 12.4 Å². The van der Waals surface area contributed by atoms with Gasteiger partial charge in [0, 0.05) is 31.6 Å². The molecule has 0 radical (unpaired) electrons. The fourth-order valence-corrected chi connectivity index (χ4v) is 2.16. The molecule has 0 atom stereocenters. The van der Waals surface area contributed by atoms with Gasteiger partial charge in [-0.1, -0.05) is 6.07 Å². The van der Waals surface area contributed by atoms with Gasteiger partial charge in [-0.25, -0.2) is 0 Å². The number of hydrogen-bond acceptors (Lipinski definition) is 3. The molecule has 2 rings (SSSR count). The summed E-state index contributed by atoms with van der Waals surface area (Å²) in [5.74, 6) is 0. The van der Waals surface area contributed by atoms with Crippen LogP contribution in [-0.2, 0) is 11.2 Å². The second-order valence-corrected chi connectivity index (χ2v) is 3.93. The van der Waals surface area contributed by atoms with E-state index in [1.54, 1.807) is 7.11 Å². The van der Waals surface area contributed by atoms with E-state index in [2.05, 4.69) is 11.0 Å². The Labute approximate surface area is 103 Å². The Morgan fingerprint density at radius 2 is 2.25 bits per heavy atom. The molecule has 0 amide bonds. The smallest absolute Gasteiger partial charge is 0.0637 e. The minimum absolute atomic E-state index is 0. The van der Waals surface area contributed by atoms with Crippen molar-refractivity contribution >= 4 is 23.8 Å². The topological polar surface area (TPSA) is 38.5 Å². The monoisotopic (exact) mass is 242 g/mol. The lowest BCUT2D eigenvalue weighted by molar-refractivity contribution is 0.205. The first-order valence-electron chi connectivity index (χ1n) is 5.44. The first-order chi connectivity index (χ1) is 7.33. The van der Waals surface area contributed by atoms with Crippen LogP contribution in [0.5, 0.6) is 0 Å². The van der Waals surface area contributed by atoms with Crippen molar-refractivity contribution in [3.05, 3.63) is 23.8 Å². The predicted octanol–water partition coefficient (Wildman–Crippen LogP) is 2.09. The van der Waals surface area contributed by atoms with Gasteiger partial charge in [0.1, 0.15) is 0 Å². The van der Waals surface area contributed by atoms with Gasteiger partial charge in [0.2, 0.25) is 0 Å². The number of nitrogens with two attached hydrogens (primary N) is 1. The number of nitrogen functional groups attached to an aromatic ring is 1. The van der Waals surface area contributed by atoms with Crippen LogP contribution in [0.2, 0.25) is 0 Å². The van der Waals surface area contributed by atoms with Crippen LogP contribution in [0, 0.1) is 0 Å². The molecule has 1 aliphatic heterocycles. The highest BCUT2D eigenvalue weighted by molar-refractivity contribution is 5.85. The molecule has 0 unspecified atom stereocenters. The lowest BCUT2D eigenvalue weighted by atomic mass is 10.00. The van der Waals surface area contributed by atoms with E-state index in [4.69, 9.17) is 10.5 Å². The third-order valence-electron chi connectivity index (χ3n) is 2.95.